The molecule has 0 aromatic carbocycles. The minimum Gasteiger partial charge on any atom is -0.388 e. The number of aromatic nitrogens is 1. The first kappa shape index (κ1) is 13.8. The van der Waals surface area contributed by atoms with Crippen LogP contribution >= 0.6 is 0 Å². The Morgan fingerprint density at radius 2 is 2.11 bits per heavy atom. The van der Waals surface area contributed by atoms with Crippen molar-refractivity contribution in [1.29, 1.82) is 0 Å². The zero-order chi connectivity index (χ0) is 13.9. The highest BCUT2D eigenvalue weighted by molar-refractivity contribution is 5.93. The molecule has 0 bridgehead atoms. The Morgan fingerprint density at radius 3 is 2.74 bits per heavy atom. The Bertz CT molecular complexity index is 516. The molecule has 1 aromatic rings. The van der Waals surface area contributed by atoms with Gasteiger partial charge in [0.15, 0.2) is 5.43 Å². The van der Waals surface area contributed by atoms with Crippen molar-refractivity contribution in [2.75, 3.05) is 6.54 Å². The van der Waals surface area contributed by atoms with Crippen molar-refractivity contribution in [2.24, 2.45) is 0 Å². The predicted molar refractivity (Wildman–Crippen MR) is 72.2 cm³/mol. The van der Waals surface area contributed by atoms with Crippen molar-refractivity contribution in [2.45, 2.75) is 44.6 Å². The lowest BCUT2D eigenvalue weighted by molar-refractivity contribution is 0.00524. The molecule has 5 heteroatoms. The van der Waals surface area contributed by atoms with Crippen molar-refractivity contribution in [3.8, 4) is 0 Å². The third-order valence-corrected chi connectivity index (χ3v) is 3.66. The van der Waals surface area contributed by atoms with Crippen molar-refractivity contribution in [3.05, 3.63) is 33.7 Å². The van der Waals surface area contributed by atoms with E-state index in [-0.39, 0.29) is 17.5 Å². The molecule has 0 unspecified atom stereocenters. The highest BCUT2D eigenvalue weighted by Crippen LogP contribution is 2.27. The average Bonchev–Trinajstić information content (AvgIpc) is 2.37. The van der Waals surface area contributed by atoms with E-state index < -0.39 is 11.5 Å². The normalized spacial score (nSPS) is 18.0. The van der Waals surface area contributed by atoms with Gasteiger partial charge in [0.2, 0.25) is 0 Å². The first-order valence-corrected chi connectivity index (χ1v) is 6.70. The van der Waals surface area contributed by atoms with E-state index >= 15 is 0 Å². The maximum absolute atomic E-state index is 11.9. The lowest BCUT2D eigenvalue weighted by atomic mass is 9.85. The zero-order valence-corrected chi connectivity index (χ0v) is 11.2. The van der Waals surface area contributed by atoms with Crippen LogP contribution < -0.4 is 10.7 Å². The first-order chi connectivity index (χ1) is 9.00. The summed E-state index contributed by atoms with van der Waals surface area (Å²) in [5.74, 6) is -0.430. The van der Waals surface area contributed by atoms with Crippen LogP contribution in [0.3, 0.4) is 0 Å². The van der Waals surface area contributed by atoms with Crippen LogP contribution in [0.4, 0.5) is 0 Å². The maximum Gasteiger partial charge on any atom is 0.256 e. The highest BCUT2D eigenvalue weighted by Gasteiger charge is 2.29. The molecule has 1 fully saturated rings. The Morgan fingerprint density at radius 1 is 1.42 bits per heavy atom. The van der Waals surface area contributed by atoms with E-state index in [9.17, 15) is 14.7 Å². The van der Waals surface area contributed by atoms with Gasteiger partial charge < -0.3 is 15.4 Å². The van der Waals surface area contributed by atoms with Crippen molar-refractivity contribution >= 4 is 5.91 Å². The number of H-pyrrole nitrogens is 1. The second kappa shape index (κ2) is 5.57. The number of carbonyl (C=O) groups excluding carboxylic acids is 1. The summed E-state index contributed by atoms with van der Waals surface area (Å²) in [5, 5.41) is 12.9. The van der Waals surface area contributed by atoms with Crippen LogP contribution in [0.5, 0.6) is 0 Å². The average molecular weight is 264 g/mol. The summed E-state index contributed by atoms with van der Waals surface area (Å²) >= 11 is 0. The quantitative estimate of drug-likeness (QED) is 0.764. The van der Waals surface area contributed by atoms with Gasteiger partial charge in [-0.3, -0.25) is 9.59 Å². The molecule has 1 aliphatic rings. The number of aryl methyl sites for hydroxylation is 1. The van der Waals surface area contributed by atoms with Gasteiger partial charge in [-0.2, -0.15) is 0 Å². The molecule has 1 saturated carbocycles. The predicted octanol–water partition coefficient (Wildman–Crippen LogP) is 1.11. The molecule has 1 aliphatic carbocycles. The van der Waals surface area contributed by atoms with Gasteiger partial charge in [-0.15, -0.1) is 0 Å². The van der Waals surface area contributed by atoms with Gasteiger partial charge in [-0.05, 0) is 19.8 Å². The molecule has 104 valence electrons. The topological polar surface area (TPSA) is 82.2 Å². The Balaban J connectivity index is 1.99. The number of hydrogen-bond donors (Lipinski definition) is 3. The van der Waals surface area contributed by atoms with E-state index in [1.807, 2.05) is 0 Å². The number of amides is 1. The van der Waals surface area contributed by atoms with Gasteiger partial charge in [-0.25, -0.2) is 0 Å². The smallest absolute Gasteiger partial charge is 0.256 e. The fourth-order valence-electron chi connectivity index (χ4n) is 2.48. The van der Waals surface area contributed by atoms with Crippen LogP contribution in [0.25, 0.3) is 0 Å². The van der Waals surface area contributed by atoms with Gasteiger partial charge >= 0.3 is 0 Å². The van der Waals surface area contributed by atoms with E-state index in [2.05, 4.69) is 10.3 Å². The largest absolute Gasteiger partial charge is 0.388 e. The molecule has 0 radical (unpaired) electrons. The van der Waals surface area contributed by atoms with E-state index in [0.29, 0.717) is 18.5 Å². The maximum atomic E-state index is 11.9. The molecular formula is C14H20N2O3. The second-order valence-corrected chi connectivity index (χ2v) is 5.36. The van der Waals surface area contributed by atoms with Crippen LogP contribution in [-0.4, -0.2) is 28.1 Å². The lowest BCUT2D eigenvalue weighted by Gasteiger charge is -2.32. The standard InChI is InChI=1S/C14H20N2O3/c1-10-7-12(17)11(8-15-10)13(18)16-9-14(19)5-3-2-4-6-14/h7-8,19H,2-6,9H2,1H3,(H,15,17)(H,16,18). The molecular weight excluding hydrogens is 244 g/mol. The molecule has 1 amide bonds. The number of aliphatic hydroxyl groups is 1. The first-order valence-electron chi connectivity index (χ1n) is 6.70. The second-order valence-electron chi connectivity index (χ2n) is 5.36. The molecule has 0 spiro atoms. The monoisotopic (exact) mass is 264 g/mol. The van der Waals surface area contributed by atoms with Crippen molar-refractivity contribution < 1.29 is 9.90 Å². The number of aromatic amines is 1. The number of rotatable bonds is 3. The number of hydrogen-bond acceptors (Lipinski definition) is 3. The molecule has 1 heterocycles. The molecule has 0 atom stereocenters. The summed E-state index contributed by atoms with van der Waals surface area (Å²) in [5.41, 5.74) is -0.312. The van der Waals surface area contributed by atoms with Crippen LogP contribution in [0.15, 0.2) is 17.1 Å². The minimum atomic E-state index is -0.814. The fourth-order valence-corrected chi connectivity index (χ4v) is 2.48. The van der Waals surface area contributed by atoms with Crippen LogP contribution in [0.2, 0.25) is 0 Å². The van der Waals surface area contributed by atoms with Gasteiger partial charge in [0, 0.05) is 24.5 Å². The van der Waals surface area contributed by atoms with Crippen molar-refractivity contribution in [1.82, 2.24) is 10.3 Å². The van der Waals surface area contributed by atoms with Crippen molar-refractivity contribution in [3.63, 3.8) is 0 Å². The van der Waals surface area contributed by atoms with Gasteiger partial charge in [0.05, 0.1) is 5.60 Å². The van der Waals surface area contributed by atoms with E-state index in [1.165, 1.54) is 12.3 Å². The Labute approximate surface area is 112 Å². The van der Waals surface area contributed by atoms with Gasteiger partial charge in [0.1, 0.15) is 5.56 Å². The molecule has 0 aliphatic heterocycles. The summed E-state index contributed by atoms with van der Waals surface area (Å²) in [6, 6.07) is 1.39. The van der Waals surface area contributed by atoms with Gasteiger partial charge in [-0.1, -0.05) is 19.3 Å². The molecule has 2 rings (SSSR count). The summed E-state index contributed by atoms with van der Waals surface area (Å²) in [4.78, 5) is 26.4. The molecule has 0 saturated heterocycles. The SMILES string of the molecule is Cc1cc(=O)c(C(=O)NCC2(O)CCCCC2)c[nH]1. The summed E-state index contributed by atoms with van der Waals surface area (Å²) in [7, 11) is 0. The van der Waals surface area contributed by atoms with Crippen LogP contribution in [0, 0.1) is 6.92 Å². The summed E-state index contributed by atoms with van der Waals surface area (Å²) < 4.78 is 0. The van der Waals surface area contributed by atoms with Crippen LogP contribution in [-0.2, 0) is 0 Å². The summed E-state index contributed by atoms with van der Waals surface area (Å²) in [6.45, 7) is 1.97. The summed E-state index contributed by atoms with van der Waals surface area (Å²) in [6.07, 6.45) is 5.93. The number of pyridine rings is 1. The van der Waals surface area contributed by atoms with E-state index in [4.69, 9.17) is 0 Å². The third-order valence-electron chi connectivity index (χ3n) is 3.66. The minimum absolute atomic E-state index is 0.0880. The Kier molecular flexibility index (Phi) is 4.04. The van der Waals surface area contributed by atoms with E-state index in [1.54, 1.807) is 6.92 Å². The Hall–Kier alpha value is -1.62. The van der Waals surface area contributed by atoms with Gasteiger partial charge in [0.25, 0.3) is 5.91 Å². The highest BCUT2D eigenvalue weighted by atomic mass is 16.3. The third kappa shape index (κ3) is 3.44. The molecule has 19 heavy (non-hydrogen) atoms. The lowest BCUT2D eigenvalue weighted by Crippen LogP contribution is -2.45. The fraction of sp³-hybridized carbons (Fsp3) is 0.571. The number of nitrogens with one attached hydrogen (secondary N) is 2. The molecule has 3 N–H and O–H groups in total. The zero-order valence-electron chi connectivity index (χ0n) is 11.2. The van der Waals surface area contributed by atoms with Crippen LogP contribution in [0.1, 0.15) is 48.2 Å². The number of carbonyl (C=O) groups is 1. The van der Waals surface area contributed by atoms with E-state index in [0.717, 1.165) is 19.3 Å². The molecule has 5 nitrogen and oxygen atoms in total. The molecule has 1 aromatic heterocycles.